The Hall–Kier alpha value is -2.01. The summed E-state index contributed by atoms with van der Waals surface area (Å²) < 4.78 is 0. The standard InChI is InChI=1S/C14H16N2/c1-3-4-6-11-14(12-15)16(2)13-9-7-5-8-10-13/h3-11,14H,1-2H3/b4-3+,11-6+. The molecule has 0 bridgehead atoms. The lowest BCUT2D eigenvalue weighted by Crippen LogP contribution is -2.28. The Morgan fingerprint density at radius 3 is 2.50 bits per heavy atom. The fourth-order valence-corrected chi connectivity index (χ4v) is 1.36. The van der Waals surface area contributed by atoms with E-state index in [1.807, 2.05) is 73.5 Å². The van der Waals surface area contributed by atoms with Crippen molar-refractivity contribution in [3.8, 4) is 6.07 Å². The molecule has 0 spiro atoms. The Labute approximate surface area is 97.1 Å². The number of hydrogen-bond acceptors (Lipinski definition) is 2. The van der Waals surface area contributed by atoms with Crippen LogP contribution in [0.4, 0.5) is 5.69 Å². The highest BCUT2D eigenvalue weighted by atomic mass is 15.1. The summed E-state index contributed by atoms with van der Waals surface area (Å²) in [5.74, 6) is 0. The number of likely N-dealkylation sites (N-methyl/N-ethyl adjacent to an activating group) is 1. The third-order valence-corrected chi connectivity index (χ3v) is 2.31. The molecule has 0 heterocycles. The van der Waals surface area contributed by atoms with Gasteiger partial charge in [-0.05, 0) is 25.1 Å². The average molecular weight is 212 g/mol. The quantitative estimate of drug-likeness (QED) is 0.717. The fraction of sp³-hybridized carbons (Fsp3) is 0.214. The van der Waals surface area contributed by atoms with E-state index >= 15 is 0 Å². The molecule has 1 rings (SSSR count). The molecular formula is C14H16N2. The van der Waals surface area contributed by atoms with Gasteiger partial charge in [-0.2, -0.15) is 5.26 Å². The maximum atomic E-state index is 9.09. The molecule has 0 saturated heterocycles. The largest absolute Gasteiger partial charge is 0.356 e. The van der Waals surface area contributed by atoms with Gasteiger partial charge >= 0.3 is 0 Å². The summed E-state index contributed by atoms with van der Waals surface area (Å²) in [7, 11) is 1.92. The van der Waals surface area contributed by atoms with E-state index in [4.69, 9.17) is 5.26 Å². The number of benzene rings is 1. The zero-order valence-corrected chi connectivity index (χ0v) is 9.67. The van der Waals surface area contributed by atoms with E-state index in [-0.39, 0.29) is 6.04 Å². The molecule has 0 radical (unpaired) electrons. The molecule has 1 unspecified atom stereocenters. The lowest BCUT2D eigenvalue weighted by atomic mass is 10.2. The van der Waals surface area contributed by atoms with Gasteiger partial charge in [0.05, 0.1) is 6.07 Å². The number of allylic oxidation sites excluding steroid dienone is 3. The van der Waals surface area contributed by atoms with E-state index in [2.05, 4.69) is 6.07 Å². The van der Waals surface area contributed by atoms with E-state index in [0.717, 1.165) is 5.69 Å². The molecule has 0 saturated carbocycles. The van der Waals surface area contributed by atoms with Gasteiger partial charge in [-0.3, -0.25) is 0 Å². The van der Waals surface area contributed by atoms with Crippen LogP contribution in [-0.2, 0) is 0 Å². The summed E-state index contributed by atoms with van der Waals surface area (Å²) in [5, 5.41) is 9.09. The highest BCUT2D eigenvalue weighted by Gasteiger charge is 2.09. The summed E-state index contributed by atoms with van der Waals surface area (Å²) in [5.41, 5.74) is 1.04. The second-order valence-corrected chi connectivity index (χ2v) is 3.43. The van der Waals surface area contributed by atoms with Gasteiger partial charge in [-0.1, -0.05) is 36.4 Å². The second-order valence-electron chi connectivity index (χ2n) is 3.43. The number of para-hydroxylation sites is 1. The van der Waals surface area contributed by atoms with Crippen LogP contribution in [0.5, 0.6) is 0 Å². The smallest absolute Gasteiger partial charge is 0.135 e. The molecule has 0 aliphatic carbocycles. The van der Waals surface area contributed by atoms with Crippen LogP contribution in [0.1, 0.15) is 6.92 Å². The molecule has 2 nitrogen and oxygen atoms in total. The molecule has 82 valence electrons. The summed E-state index contributed by atoms with van der Waals surface area (Å²) in [4.78, 5) is 1.94. The molecule has 16 heavy (non-hydrogen) atoms. The Balaban J connectivity index is 2.79. The first-order chi connectivity index (χ1) is 7.79. The summed E-state index contributed by atoms with van der Waals surface area (Å²) >= 11 is 0. The molecule has 0 aliphatic heterocycles. The van der Waals surface area contributed by atoms with Crippen molar-refractivity contribution in [1.82, 2.24) is 0 Å². The van der Waals surface area contributed by atoms with Gasteiger partial charge in [0.15, 0.2) is 0 Å². The second kappa shape index (κ2) is 6.47. The van der Waals surface area contributed by atoms with E-state index in [1.165, 1.54) is 0 Å². The van der Waals surface area contributed by atoms with Crippen molar-refractivity contribution in [2.75, 3.05) is 11.9 Å². The third-order valence-electron chi connectivity index (χ3n) is 2.31. The molecular weight excluding hydrogens is 196 g/mol. The SMILES string of the molecule is C/C=C/C=C/C(C#N)N(C)c1ccccc1. The van der Waals surface area contributed by atoms with Gasteiger partial charge < -0.3 is 4.90 Å². The van der Waals surface area contributed by atoms with Crippen LogP contribution in [0, 0.1) is 11.3 Å². The predicted molar refractivity (Wildman–Crippen MR) is 68.2 cm³/mol. The van der Waals surface area contributed by atoms with Crippen LogP contribution < -0.4 is 4.90 Å². The lowest BCUT2D eigenvalue weighted by Gasteiger charge is -2.22. The van der Waals surface area contributed by atoms with Gasteiger partial charge in [-0.15, -0.1) is 0 Å². The lowest BCUT2D eigenvalue weighted by molar-refractivity contribution is 0.904. The normalized spacial score (nSPS) is 12.8. The highest BCUT2D eigenvalue weighted by Crippen LogP contribution is 2.14. The maximum Gasteiger partial charge on any atom is 0.135 e. The van der Waals surface area contributed by atoms with Crippen molar-refractivity contribution in [2.24, 2.45) is 0 Å². The van der Waals surface area contributed by atoms with E-state index in [1.54, 1.807) is 0 Å². The minimum absolute atomic E-state index is 0.237. The van der Waals surface area contributed by atoms with Crippen molar-refractivity contribution in [1.29, 1.82) is 5.26 Å². The van der Waals surface area contributed by atoms with Gasteiger partial charge in [0.2, 0.25) is 0 Å². The van der Waals surface area contributed by atoms with Gasteiger partial charge in [-0.25, -0.2) is 0 Å². The Morgan fingerprint density at radius 2 is 1.94 bits per heavy atom. The van der Waals surface area contributed by atoms with Gasteiger partial charge in [0, 0.05) is 12.7 Å². The maximum absolute atomic E-state index is 9.09. The number of hydrogen-bond donors (Lipinski definition) is 0. The first-order valence-corrected chi connectivity index (χ1v) is 5.26. The molecule has 2 heteroatoms. The topological polar surface area (TPSA) is 27.0 Å². The summed E-state index contributed by atoms with van der Waals surface area (Å²) in [6.07, 6.45) is 7.64. The van der Waals surface area contributed by atoms with Crippen molar-refractivity contribution >= 4 is 5.69 Å². The van der Waals surface area contributed by atoms with Crippen LogP contribution in [0.3, 0.4) is 0 Å². The van der Waals surface area contributed by atoms with Gasteiger partial charge in [0.1, 0.15) is 6.04 Å². The molecule has 0 N–H and O–H groups in total. The van der Waals surface area contributed by atoms with Gasteiger partial charge in [0.25, 0.3) is 0 Å². The summed E-state index contributed by atoms with van der Waals surface area (Å²) in [6.45, 7) is 1.95. The summed E-state index contributed by atoms with van der Waals surface area (Å²) in [6, 6.07) is 11.9. The van der Waals surface area contributed by atoms with Crippen molar-refractivity contribution < 1.29 is 0 Å². The van der Waals surface area contributed by atoms with Crippen LogP contribution in [0.2, 0.25) is 0 Å². The van der Waals surface area contributed by atoms with Crippen LogP contribution in [0.25, 0.3) is 0 Å². The first-order valence-electron chi connectivity index (χ1n) is 5.26. The Morgan fingerprint density at radius 1 is 1.25 bits per heavy atom. The highest BCUT2D eigenvalue weighted by molar-refractivity contribution is 5.49. The number of anilines is 1. The molecule has 0 aliphatic rings. The number of nitriles is 1. The van der Waals surface area contributed by atoms with Crippen LogP contribution >= 0.6 is 0 Å². The zero-order valence-electron chi connectivity index (χ0n) is 9.67. The monoisotopic (exact) mass is 212 g/mol. The van der Waals surface area contributed by atoms with Crippen molar-refractivity contribution in [2.45, 2.75) is 13.0 Å². The molecule has 1 aromatic rings. The first kappa shape index (κ1) is 12.1. The average Bonchev–Trinajstić information content (AvgIpc) is 2.35. The Kier molecular flexibility index (Phi) is 4.88. The molecule has 0 amide bonds. The minimum Gasteiger partial charge on any atom is -0.356 e. The van der Waals surface area contributed by atoms with Crippen molar-refractivity contribution in [3.63, 3.8) is 0 Å². The van der Waals surface area contributed by atoms with Crippen LogP contribution in [-0.4, -0.2) is 13.1 Å². The molecule has 0 fully saturated rings. The van der Waals surface area contributed by atoms with E-state index in [0.29, 0.717) is 0 Å². The number of nitrogens with zero attached hydrogens (tertiary/aromatic N) is 2. The molecule has 1 atom stereocenters. The van der Waals surface area contributed by atoms with E-state index < -0.39 is 0 Å². The number of rotatable bonds is 4. The van der Waals surface area contributed by atoms with Crippen molar-refractivity contribution in [3.05, 3.63) is 54.6 Å². The van der Waals surface area contributed by atoms with Crippen LogP contribution in [0.15, 0.2) is 54.6 Å². The Bertz CT molecular complexity index is 398. The predicted octanol–water partition coefficient (Wildman–Crippen LogP) is 3.15. The molecule has 0 aromatic heterocycles. The minimum atomic E-state index is -0.237. The fourth-order valence-electron chi connectivity index (χ4n) is 1.36. The zero-order chi connectivity index (χ0) is 11.8. The molecule has 1 aromatic carbocycles. The third kappa shape index (κ3) is 3.29. The van der Waals surface area contributed by atoms with E-state index in [9.17, 15) is 0 Å².